The van der Waals surface area contributed by atoms with E-state index in [9.17, 15) is 4.79 Å². The van der Waals surface area contributed by atoms with Gasteiger partial charge in [0, 0.05) is 16.1 Å². The van der Waals surface area contributed by atoms with Crippen molar-refractivity contribution >= 4 is 21.9 Å². The highest BCUT2D eigenvalue weighted by Gasteiger charge is 2.65. The zero-order valence-corrected chi connectivity index (χ0v) is 18.0. The average molecular weight is 351 g/mol. The van der Waals surface area contributed by atoms with Gasteiger partial charge in [0.25, 0.3) is 0 Å². The number of carbonyl (C=O) groups excluding carboxylic acids is 1. The Labute approximate surface area is 144 Å². The molecule has 6 atom stereocenters. The van der Waals surface area contributed by atoms with E-state index in [1.807, 2.05) is 0 Å². The van der Waals surface area contributed by atoms with Gasteiger partial charge < -0.3 is 4.74 Å². The molecule has 2 nitrogen and oxygen atoms in total. The summed E-state index contributed by atoms with van der Waals surface area (Å²) in [4.78, 5) is 13.3. The summed E-state index contributed by atoms with van der Waals surface area (Å²) in [7, 11) is -2.43. The van der Waals surface area contributed by atoms with Crippen molar-refractivity contribution in [1.82, 2.24) is 0 Å². The van der Waals surface area contributed by atoms with Crippen molar-refractivity contribution in [2.75, 3.05) is 0 Å². The zero-order chi connectivity index (χ0) is 17.2. The third kappa shape index (κ3) is 2.95. The first-order valence-corrected chi connectivity index (χ1v) is 16.8. The van der Waals surface area contributed by atoms with E-state index >= 15 is 0 Å². The summed E-state index contributed by atoms with van der Waals surface area (Å²) in [5, 5.41) is 0. The van der Waals surface area contributed by atoms with Crippen LogP contribution in [-0.4, -0.2) is 33.6 Å². The Balaban J connectivity index is 2.02. The molecule has 0 radical (unpaired) electrons. The maximum Gasteiger partial charge on any atom is 0.145 e. The molecular formula is C19H34O2Si2. The number of rotatable bonds is 5. The van der Waals surface area contributed by atoms with E-state index in [1.54, 1.807) is 0 Å². The highest BCUT2D eigenvalue weighted by molar-refractivity contribution is 6.76. The van der Waals surface area contributed by atoms with Gasteiger partial charge in [0.05, 0.1) is 23.5 Å². The Kier molecular flexibility index (Phi) is 4.14. The Morgan fingerprint density at radius 1 is 1.04 bits per heavy atom. The summed E-state index contributed by atoms with van der Waals surface area (Å²) < 4.78 is 6.48. The molecule has 0 N–H and O–H groups in total. The number of ether oxygens (including phenoxy) is 1. The van der Waals surface area contributed by atoms with Crippen molar-refractivity contribution in [1.29, 1.82) is 0 Å². The summed E-state index contributed by atoms with van der Waals surface area (Å²) in [6, 6.07) is 2.56. The van der Waals surface area contributed by atoms with Crippen LogP contribution in [0.3, 0.4) is 0 Å². The molecule has 3 aliphatic rings. The van der Waals surface area contributed by atoms with Crippen LogP contribution in [0.2, 0.25) is 51.4 Å². The van der Waals surface area contributed by atoms with Crippen LogP contribution in [0.5, 0.6) is 0 Å². The summed E-state index contributed by atoms with van der Waals surface area (Å²) in [5.74, 6) is 1.93. The van der Waals surface area contributed by atoms with Gasteiger partial charge in [-0.2, -0.15) is 0 Å². The largest absolute Gasteiger partial charge is 0.362 e. The normalized spacial score (nSPS) is 42.6. The highest BCUT2D eigenvalue weighted by Crippen LogP contribution is 2.59. The lowest BCUT2D eigenvalue weighted by molar-refractivity contribution is -0.155. The lowest BCUT2D eigenvalue weighted by Crippen LogP contribution is -2.49. The molecule has 0 spiro atoms. The van der Waals surface area contributed by atoms with E-state index in [4.69, 9.17) is 4.74 Å². The number of hydrogen-bond acceptors (Lipinski definition) is 2. The summed E-state index contributed by atoms with van der Waals surface area (Å²) in [5.41, 5.74) is -0.281. The molecule has 2 fully saturated rings. The zero-order valence-electron chi connectivity index (χ0n) is 16.0. The molecule has 1 aliphatic carbocycles. The second-order valence-electron chi connectivity index (χ2n) is 10.5. The second kappa shape index (κ2) is 5.40. The maximum atomic E-state index is 13.3. The molecule has 1 saturated heterocycles. The second-order valence-corrected chi connectivity index (χ2v) is 21.6. The van der Waals surface area contributed by atoms with Gasteiger partial charge in [-0.1, -0.05) is 70.4 Å². The minimum absolute atomic E-state index is 0.0617. The Hall–Kier alpha value is -0.196. The van der Waals surface area contributed by atoms with Gasteiger partial charge in [0.1, 0.15) is 5.78 Å². The molecule has 0 aromatic carbocycles. The SMILES string of the molecule is CC[C@]12C=C[C@H](O1)[C@H]1C(=O)[C@@H]2[C@H](C[Si](C)(C)C)[C@@H]1C[Si](C)(C)C. The van der Waals surface area contributed by atoms with Crippen LogP contribution in [-0.2, 0) is 9.53 Å². The first kappa shape index (κ1) is 17.6. The van der Waals surface area contributed by atoms with Gasteiger partial charge in [-0.3, -0.25) is 4.79 Å². The Morgan fingerprint density at radius 2 is 1.61 bits per heavy atom. The molecule has 0 aromatic heterocycles. The van der Waals surface area contributed by atoms with Crippen LogP contribution in [0.15, 0.2) is 12.2 Å². The van der Waals surface area contributed by atoms with Crippen LogP contribution < -0.4 is 0 Å². The molecule has 2 aliphatic heterocycles. The van der Waals surface area contributed by atoms with Crippen molar-refractivity contribution in [2.45, 2.75) is 76.4 Å². The predicted octanol–water partition coefficient (Wildman–Crippen LogP) is 4.83. The summed E-state index contributed by atoms with van der Waals surface area (Å²) >= 11 is 0. The van der Waals surface area contributed by atoms with Crippen LogP contribution in [0.1, 0.15) is 13.3 Å². The smallest absolute Gasteiger partial charge is 0.145 e. The number of hydrogen-bond donors (Lipinski definition) is 0. The molecule has 23 heavy (non-hydrogen) atoms. The molecule has 2 heterocycles. The van der Waals surface area contributed by atoms with E-state index < -0.39 is 16.1 Å². The molecular weight excluding hydrogens is 316 g/mol. The lowest BCUT2D eigenvalue weighted by Gasteiger charge is -2.40. The third-order valence-electron chi connectivity index (χ3n) is 6.13. The van der Waals surface area contributed by atoms with Crippen LogP contribution in [0, 0.1) is 23.7 Å². The van der Waals surface area contributed by atoms with Crippen molar-refractivity contribution in [3.63, 3.8) is 0 Å². The fraction of sp³-hybridized carbons (Fsp3) is 0.842. The van der Waals surface area contributed by atoms with E-state index in [0.717, 1.165) is 6.42 Å². The first-order valence-electron chi connectivity index (χ1n) is 9.38. The lowest BCUT2D eigenvalue weighted by atomic mass is 9.77. The van der Waals surface area contributed by atoms with Gasteiger partial charge >= 0.3 is 0 Å². The van der Waals surface area contributed by atoms with Crippen molar-refractivity contribution in [3.05, 3.63) is 12.2 Å². The standard InChI is InChI=1S/C19H34O2Si2/c1-8-19-10-9-15(21-19)16-13(11-22(2,3)4)14(12-23(5,6)7)17(19)18(16)20/h9-10,13-17H,8,11-12H2,1-7H3/t13-,14+,15-,16-,17-,19+/m0/s1. The molecule has 0 aromatic rings. The molecule has 4 bridgehead atoms. The molecule has 0 amide bonds. The van der Waals surface area contributed by atoms with Gasteiger partial charge in [-0.25, -0.2) is 0 Å². The Bertz CT molecular complexity index is 528. The topological polar surface area (TPSA) is 26.3 Å². The number of Topliss-reactive ketones (excluding diaryl/α,β-unsaturated/α-hetero) is 1. The van der Waals surface area contributed by atoms with Crippen LogP contribution in [0.4, 0.5) is 0 Å². The van der Waals surface area contributed by atoms with Crippen LogP contribution >= 0.6 is 0 Å². The maximum absolute atomic E-state index is 13.3. The summed E-state index contributed by atoms with van der Waals surface area (Å²) in [6.45, 7) is 16.9. The number of fused-ring (bicyclic) bond motifs is 6. The van der Waals surface area contributed by atoms with Gasteiger partial charge in [-0.05, 0) is 18.3 Å². The fourth-order valence-electron chi connectivity index (χ4n) is 5.49. The van der Waals surface area contributed by atoms with E-state index in [1.165, 1.54) is 12.1 Å². The van der Waals surface area contributed by atoms with E-state index in [2.05, 4.69) is 58.4 Å². The van der Waals surface area contributed by atoms with E-state index in [0.29, 0.717) is 17.6 Å². The average Bonchev–Trinajstić information content (AvgIpc) is 2.82. The minimum atomic E-state index is -1.22. The molecule has 0 unspecified atom stereocenters. The van der Waals surface area contributed by atoms with Gasteiger partial charge in [0.2, 0.25) is 0 Å². The van der Waals surface area contributed by atoms with E-state index in [-0.39, 0.29) is 23.5 Å². The predicted molar refractivity (Wildman–Crippen MR) is 102 cm³/mol. The Morgan fingerprint density at radius 3 is 2.13 bits per heavy atom. The highest BCUT2D eigenvalue weighted by atomic mass is 28.3. The number of carbonyl (C=O) groups is 1. The number of ketones is 1. The fourth-order valence-corrected chi connectivity index (χ4v) is 9.42. The molecule has 4 heteroatoms. The molecule has 1 saturated carbocycles. The summed E-state index contributed by atoms with van der Waals surface area (Å²) in [6.07, 6.45) is 5.47. The monoisotopic (exact) mass is 350 g/mol. The first-order chi connectivity index (χ1) is 10.5. The quantitative estimate of drug-likeness (QED) is 0.524. The van der Waals surface area contributed by atoms with Crippen molar-refractivity contribution in [2.24, 2.45) is 23.7 Å². The van der Waals surface area contributed by atoms with Crippen molar-refractivity contribution in [3.8, 4) is 0 Å². The molecule has 130 valence electrons. The van der Waals surface area contributed by atoms with Gasteiger partial charge in [0.15, 0.2) is 0 Å². The molecule has 3 rings (SSSR count). The minimum Gasteiger partial charge on any atom is -0.362 e. The van der Waals surface area contributed by atoms with Crippen molar-refractivity contribution < 1.29 is 9.53 Å². The third-order valence-corrected chi connectivity index (χ3v) is 9.52. The van der Waals surface area contributed by atoms with Gasteiger partial charge in [-0.15, -0.1) is 0 Å². The van der Waals surface area contributed by atoms with Crippen LogP contribution in [0.25, 0.3) is 0 Å².